The van der Waals surface area contributed by atoms with Gasteiger partial charge in [-0.15, -0.1) is 0 Å². The van der Waals surface area contributed by atoms with Crippen LogP contribution in [0.5, 0.6) is 0 Å². The summed E-state index contributed by atoms with van der Waals surface area (Å²) in [5.41, 5.74) is 5.13. The lowest BCUT2D eigenvalue weighted by atomic mass is 9.54. The second-order valence-electron chi connectivity index (χ2n) is 8.25. The Morgan fingerprint density at radius 3 is 2.17 bits per heavy atom. The smallest absolute Gasteiger partial charge is 0.00184 e. The SMILES string of the molecule is Cc1ccccc1CC[C@](C)(c1ccccc1)C1(C)CCCCC1. The van der Waals surface area contributed by atoms with Gasteiger partial charge in [-0.2, -0.15) is 0 Å². The van der Waals surface area contributed by atoms with Crippen LogP contribution in [-0.4, -0.2) is 0 Å². The molecular weight excluding hydrogens is 288 g/mol. The third-order valence-electron chi connectivity index (χ3n) is 6.86. The fourth-order valence-corrected chi connectivity index (χ4v) is 4.76. The minimum atomic E-state index is 0.247. The van der Waals surface area contributed by atoms with Crippen molar-refractivity contribution >= 4 is 0 Å². The van der Waals surface area contributed by atoms with Crippen LogP contribution in [0, 0.1) is 12.3 Å². The summed E-state index contributed by atoms with van der Waals surface area (Å²) < 4.78 is 0. The second-order valence-corrected chi connectivity index (χ2v) is 8.25. The van der Waals surface area contributed by atoms with Crippen molar-refractivity contribution in [2.45, 2.75) is 71.1 Å². The first-order valence-electron chi connectivity index (χ1n) is 9.65. The summed E-state index contributed by atoms with van der Waals surface area (Å²) in [6, 6.07) is 20.2. The van der Waals surface area contributed by atoms with Gasteiger partial charge in [0.25, 0.3) is 0 Å². The highest BCUT2D eigenvalue weighted by Crippen LogP contribution is 2.53. The van der Waals surface area contributed by atoms with Crippen molar-refractivity contribution in [2.24, 2.45) is 5.41 Å². The molecule has 0 saturated heterocycles. The highest BCUT2D eigenvalue weighted by atomic mass is 14.5. The van der Waals surface area contributed by atoms with Gasteiger partial charge in [0.05, 0.1) is 0 Å². The standard InChI is InChI=1S/C24H32/c1-20-12-8-9-13-21(20)16-19-24(3,22-14-6-4-7-15-22)23(2)17-10-5-11-18-23/h4,6-9,12-15H,5,10-11,16-19H2,1-3H3/t24-/m1/s1. The van der Waals surface area contributed by atoms with Gasteiger partial charge in [-0.3, -0.25) is 0 Å². The topological polar surface area (TPSA) is 0 Å². The average molecular weight is 321 g/mol. The molecule has 1 fully saturated rings. The van der Waals surface area contributed by atoms with E-state index in [4.69, 9.17) is 0 Å². The van der Waals surface area contributed by atoms with Gasteiger partial charge >= 0.3 is 0 Å². The summed E-state index contributed by atoms with van der Waals surface area (Å²) in [7, 11) is 0. The van der Waals surface area contributed by atoms with E-state index >= 15 is 0 Å². The molecule has 0 radical (unpaired) electrons. The lowest BCUT2D eigenvalue weighted by molar-refractivity contribution is 0.0866. The first kappa shape index (κ1) is 17.3. The van der Waals surface area contributed by atoms with Gasteiger partial charge in [0.15, 0.2) is 0 Å². The van der Waals surface area contributed by atoms with E-state index in [1.165, 1.54) is 61.6 Å². The molecule has 1 saturated carbocycles. The minimum Gasteiger partial charge on any atom is -0.0622 e. The molecule has 0 bridgehead atoms. The molecule has 0 amide bonds. The third kappa shape index (κ3) is 3.29. The van der Waals surface area contributed by atoms with Crippen LogP contribution in [0.1, 0.15) is 69.1 Å². The van der Waals surface area contributed by atoms with Crippen LogP contribution in [0.15, 0.2) is 54.6 Å². The molecule has 1 aliphatic rings. The lowest BCUT2D eigenvalue weighted by Gasteiger charge is -2.50. The van der Waals surface area contributed by atoms with Gasteiger partial charge in [-0.25, -0.2) is 0 Å². The molecule has 24 heavy (non-hydrogen) atoms. The zero-order chi connectivity index (χ0) is 17.0. The maximum absolute atomic E-state index is 2.55. The van der Waals surface area contributed by atoms with Crippen molar-refractivity contribution in [1.82, 2.24) is 0 Å². The van der Waals surface area contributed by atoms with Crippen LogP contribution >= 0.6 is 0 Å². The van der Waals surface area contributed by atoms with Crippen molar-refractivity contribution in [2.75, 3.05) is 0 Å². The first-order chi connectivity index (χ1) is 11.6. The molecule has 0 heterocycles. The molecule has 0 unspecified atom stereocenters. The van der Waals surface area contributed by atoms with Crippen molar-refractivity contribution < 1.29 is 0 Å². The number of benzene rings is 2. The molecule has 3 rings (SSSR count). The van der Waals surface area contributed by atoms with E-state index < -0.39 is 0 Å². The largest absolute Gasteiger partial charge is 0.0622 e. The number of hydrogen-bond acceptors (Lipinski definition) is 0. The van der Waals surface area contributed by atoms with Crippen LogP contribution in [-0.2, 0) is 11.8 Å². The van der Waals surface area contributed by atoms with Crippen LogP contribution in [0.25, 0.3) is 0 Å². The average Bonchev–Trinajstić information content (AvgIpc) is 2.62. The summed E-state index contributed by atoms with van der Waals surface area (Å²) in [6.07, 6.45) is 9.34. The maximum atomic E-state index is 2.55. The first-order valence-corrected chi connectivity index (χ1v) is 9.65. The van der Waals surface area contributed by atoms with Gasteiger partial charge in [0, 0.05) is 0 Å². The van der Waals surface area contributed by atoms with Crippen molar-refractivity contribution in [1.29, 1.82) is 0 Å². The number of hydrogen-bond donors (Lipinski definition) is 0. The fourth-order valence-electron chi connectivity index (χ4n) is 4.76. The fraction of sp³-hybridized carbons (Fsp3) is 0.500. The predicted molar refractivity (Wildman–Crippen MR) is 104 cm³/mol. The predicted octanol–water partition coefficient (Wildman–Crippen LogP) is 6.86. The van der Waals surface area contributed by atoms with Crippen LogP contribution in [0.2, 0.25) is 0 Å². The Morgan fingerprint density at radius 1 is 0.875 bits per heavy atom. The van der Waals surface area contributed by atoms with E-state index in [-0.39, 0.29) is 5.41 Å². The van der Waals surface area contributed by atoms with Gasteiger partial charge in [-0.05, 0) is 60.1 Å². The molecule has 0 N–H and O–H groups in total. The molecule has 2 aromatic rings. The normalized spacial score (nSPS) is 19.6. The molecule has 0 aromatic heterocycles. The quantitative estimate of drug-likeness (QED) is 0.564. The van der Waals surface area contributed by atoms with Crippen LogP contribution in [0.4, 0.5) is 0 Å². The maximum Gasteiger partial charge on any atom is -0.00184 e. The van der Waals surface area contributed by atoms with Gasteiger partial charge in [-0.1, -0.05) is 87.7 Å². The molecule has 1 aliphatic carbocycles. The summed E-state index contributed by atoms with van der Waals surface area (Å²) in [6.45, 7) is 7.33. The molecule has 128 valence electrons. The van der Waals surface area contributed by atoms with Gasteiger partial charge in [0.1, 0.15) is 0 Å². The van der Waals surface area contributed by atoms with E-state index in [0.717, 1.165) is 0 Å². The van der Waals surface area contributed by atoms with E-state index in [1.54, 1.807) is 0 Å². The highest BCUT2D eigenvalue weighted by Gasteiger charge is 2.45. The highest BCUT2D eigenvalue weighted by molar-refractivity contribution is 5.31. The third-order valence-corrected chi connectivity index (χ3v) is 6.86. The number of rotatable bonds is 5. The Morgan fingerprint density at radius 2 is 1.50 bits per heavy atom. The van der Waals surface area contributed by atoms with E-state index in [0.29, 0.717) is 5.41 Å². The Kier molecular flexibility index (Phi) is 5.13. The summed E-state index contributed by atoms with van der Waals surface area (Å²) >= 11 is 0. The summed E-state index contributed by atoms with van der Waals surface area (Å²) in [5, 5.41) is 0. The Balaban J connectivity index is 1.92. The monoisotopic (exact) mass is 320 g/mol. The van der Waals surface area contributed by atoms with Crippen molar-refractivity contribution in [3.63, 3.8) is 0 Å². The summed E-state index contributed by atoms with van der Waals surface area (Å²) in [5.74, 6) is 0. The molecule has 0 nitrogen and oxygen atoms in total. The van der Waals surface area contributed by atoms with Crippen LogP contribution < -0.4 is 0 Å². The zero-order valence-corrected chi connectivity index (χ0v) is 15.6. The van der Waals surface area contributed by atoms with Crippen molar-refractivity contribution in [3.8, 4) is 0 Å². The molecular formula is C24H32. The van der Waals surface area contributed by atoms with E-state index in [1.807, 2.05) is 0 Å². The molecule has 0 aliphatic heterocycles. The summed E-state index contributed by atoms with van der Waals surface area (Å²) in [4.78, 5) is 0. The molecule has 2 aromatic carbocycles. The Bertz CT molecular complexity index is 649. The van der Waals surface area contributed by atoms with Crippen molar-refractivity contribution in [3.05, 3.63) is 71.3 Å². The molecule has 0 spiro atoms. The Hall–Kier alpha value is -1.56. The zero-order valence-electron chi connectivity index (χ0n) is 15.6. The van der Waals surface area contributed by atoms with Crippen LogP contribution in [0.3, 0.4) is 0 Å². The van der Waals surface area contributed by atoms with E-state index in [2.05, 4.69) is 75.4 Å². The second kappa shape index (κ2) is 7.13. The molecule has 0 heteroatoms. The lowest BCUT2D eigenvalue weighted by Crippen LogP contribution is -2.43. The number of aryl methyl sites for hydroxylation is 2. The minimum absolute atomic E-state index is 0.247. The van der Waals surface area contributed by atoms with Gasteiger partial charge in [0.2, 0.25) is 0 Å². The Labute approximate surface area is 148 Å². The van der Waals surface area contributed by atoms with Gasteiger partial charge < -0.3 is 0 Å². The van der Waals surface area contributed by atoms with E-state index in [9.17, 15) is 0 Å². The molecule has 1 atom stereocenters.